The first-order chi connectivity index (χ1) is 12.5. The van der Waals surface area contributed by atoms with Crippen molar-refractivity contribution in [2.75, 3.05) is 14.2 Å². The fourth-order valence-corrected chi connectivity index (χ4v) is 0. The van der Waals surface area contributed by atoms with Gasteiger partial charge in [-0.25, -0.2) is 19.2 Å². The van der Waals surface area contributed by atoms with Crippen LogP contribution in [0.2, 0.25) is 0 Å². The zero-order valence-corrected chi connectivity index (χ0v) is 16.2. The standard InChI is InChI=1S/4C3H4O2.C3H8.2CH4O/c4*1-2-3(4)5;1-3-2;2*1-2/h4*2H,1H2,(H,4,5);3H2,1-2H3;2*2H,1H3. The summed E-state index contributed by atoms with van der Waals surface area (Å²) in [6.45, 7) is 16.1. The molecule has 0 heterocycles. The number of carboxylic acid groups (broad SMARTS) is 4. The van der Waals surface area contributed by atoms with Crippen molar-refractivity contribution in [3.05, 3.63) is 50.6 Å². The number of carboxylic acids is 4. The highest BCUT2D eigenvalue weighted by atomic mass is 16.4. The summed E-state index contributed by atoms with van der Waals surface area (Å²) >= 11 is 0. The molecule has 0 aromatic carbocycles. The molecule has 0 unspecified atom stereocenters. The van der Waals surface area contributed by atoms with E-state index in [1.807, 2.05) is 0 Å². The number of rotatable bonds is 4. The van der Waals surface area contributed by atoms with Gasteiger partial charge in [-0.05, 0) is 0 Å². The number of carbonyl (C=O) groups is 4. The molecule has 10 nitrogen and oxygen atoms in total. The van der Waals surface area contributed by atoms with E-state index in [4.69, 9.17) is 30.6 Å². The third-order valence-electron chi connectivity index (χ3n) is 0.698. The lowest BCUT2D eigenvalue weighted by Crippen LogP contribution is -1.82. The Morgan fingerprint density at radius 2 is 0.593 bits per heavy atom. The lowest BCUT2D eigenvalue weighted by Gasteiger charge is -1.64. The van der Waals surface area contributed by atoms with Gasteiger partial charge in [-0.3, -0.25) is 0 Å². The number of aliphatic carboxylic acids is 4. The second kappa shape index (κ2) is 56.9. The molecule has 0 rings (SSSR count). The maximum Gasteiger partial charge on any atom is 0.327 e. The van der Waals surface area contributed by atoms with Crippen molar-refractivity contribution in [1.82, 2.24) is 0 Å². The molecule has 0 aromatic heterocycles. The quantitative estimate of drug-likeness (QED) is 0.381. The van der Waals surface area contributed by atoms with E-state index < -0.39 is 23.9 Å². The van der Waals surface area contributed by atoms with Crippen molar-refractivity contribution < 1.29 is 49.8 Å². The van der Waals surface area contributed by atoms with Crippen molar-refractivity contribution in [2.24, 2.45) is 0 Å². The van der Waals surface area contributed by atoms with Gasteiger partial charge in [0, 0.05) is 38.5 Å². The van der Waals surface area contributed by atoms with Crippen LogP contribution in [0.3, 0.4) is 0 Å². The average Bonchev–Trinajstić information content (AvgIpc) is 2.66. The first-order valence-electron chi connectivity index (χ1n) is 6.81. The molecule has 0 aliphatic carbocycles. The van der Waals surface area contributed by atoms with Gasteiger partial charge in [-0.2, -0.15) is 0 Å². The molecule has 0 spiro atoms. The molecule has 0 fully saturated rings. The molecule has 160 valence electrons. The molecule has 0 radical (unpaired) electrons. The lowest BCUT2D eigenvalue weighted by atomic mass is 10.6. The molecule has 0 aliphatic heterocycles. The van der Waals surface area contributed by atoms with E-state index >= 15 is 0 Å². The Morgan fingerprint density at radius 3 is 0.593 bits per heavy atom. The topological polar surface area (TPSA) is 190 Å². The Hall–Kier alpha value is -3.24. The van der Waals surface area contributed by atoms with Crippen LogP contribution < -0.4 is 0 Å². The second-order valence-electron chi connectivity index (χ2n) is 2.88. The molecule has 0 aromatic rings. The van der Waals surface area contributed by atoms with Crippen LogP contribution in [0, 0.1) is 0 Å². The van der Waals surface area contributed by atoms with E-state index in [0.29, 0.717) is 0 Å². The minimum absolute atomic E-state index is 0.833. The van der Waals surface area contributed by atoms with E-state index in [-0.39, 0.29) is 0 Å². The summed E-state index contributed by atoms with van der Waals surface area (Å²) in [6.07, 6.45) is 4.58. The lowest BCUT2D eigenvalue weighted by molar-refractivity contribution is -0.132. The maximum absolute atomic E-state index is 9.25. The summed E-state index contributed by atoms with van der Waals surface area (Å²) in [5, 5.41) is 44.4. The second-order valence-corrected chi connectivity index (χ2v) is 2.88. The van der Waals surface area contributed by atoms with E-state index in [1.54, 1.807) is 0 Å². The van der Waals surface area contributed by atoms with Gasteiger partial charge in [0.1, 0.15) is 0 Å². The molecule has 0 atom stereocenters. The van der Waals surface area contributed by atoms with Crippen molar-refractivity contribution in [3.63, 3.8) is 0 Å². The van der Waals surface area contributed by atoms with Crippen LogP contribution in [-0.4, -0.2) is 68.7 Å². The van der Waals surface area contributed by atoms with E-state index in [9.17, 15) is 19.2 Å². The first-order valence-corrected chi connectivity index (χ1v) is 6.81. The number of hydrogen-bond acceptors (Lipinski definition) is 6. The van der Waals surface area contributed by atoms with Gasteiger partial charge in [-0.1, -0.05) is 46.6 Å². The van der Waals surface area contributed by atoms with Gasteiger partial charge >= 0.3 is 23.9 Å². The summed E-state index contributed by atoms with van der Waals surface area (Å²) in [7, 11) is 2.00. The molecule has 0 saturated heterocycles. The average molecular weight is 396 g/mol. The van der Waals surface area contributed by atoms with Crippen LogP contribution in [0.15, 0.2) is 50.6 Å². The molecule has 6 N–H and O–H groups in total. The van der Waals surface area contributed by atoms with Gasteiger partial charge in [0.2, 0.25) is 0 Å². The predicted octanol–water partition coefficient (Wildman–Crippen LogP) is 1.66. The number of aliphatic hydroxyl groups excluding tert-OH is 2. The third-order valence-corrected chi connectivity index (χ3v) is 0.698. The van der Waals surface area contributed by atoms with Gasteiger partial charge in [0.25, 0.3) is 0 Å². The van der Waals surface area contributed by atoms with Crippen LogP contribution in [0.4, 0.5) is 0 Å². The SMILES string of the molecule is C=CC(=O)O.C=CC(=O)O.C=CC(=O)O.C=CC(=O)O.CCC.CO.CO. The maximum atomic E-state index is 9.25. The smallest absolute Gasteiger partial charge is 0.327 e. The summed E-state index contributed by atoms with van der Waals surface area (Å²) in [5.74, 6) is -3.93. The van der Waals surface area contributed by atoms with Crippen molar-refractivity contribution in [2.45, 2.75) is 20.3 Å². The Labute approximate surface area is 159 Å². The first kappa shape index (κ1) is 43.8. The van der Waals surface area contributed by atoms with Crippen molar-refractivity contribution >= 4 is 23.9 Å². The molecule has 0 bridgehead atoms. The van der Waals surface area contributed by atoms with Crippen LogP contribution in [-0.2, 0) is 19.2 Å². The Balaban J connectivity index is -0.0000000356. The third kappa shape index (κ3) is 433. The number of hydrogen-bond donors (Lipinski definition) is 6. The molecule has 0 saturated carbocycles. The van der Waals surface area contributed by atoms with Crippen molar-refractivity contribution in [1.29, 1.82) is 0 Å². The van der Waals surface area contributed by atoms with E-state index in [1.165, 1.54) is 6.42 Å². The molecular weight excluding hydrogens is 364 g/mol. The largest absolute Gasteiger partial charge is 0.478 e. The molecule has 10 heteroatoms. The Kier molecular flexibility index (Phi) is 92.4. The van der Waals surface area contributed by atoms with Crippen LogP contribution in [0.1, 0.15) is 20.3 Å². The zero-order valence-electron chi connectivity index (χ0n) is 16.2. The fourth-order valence-electron chi connectivity index (χ4n) is 0. The monoisotopic (exact) mass is 396 g/mol. The van der Waals surface area contributed by atoms with Gasteiger partial charge < -0.3 is 30.6 Å². The number of aliphatic hydroxyl groups is 2. The zero-order chi connectivity index (χ0) is 23.8. The molecule has 0 aliphatic rings. The predicted molar refractivity (Wildman–Crippen MR) is 104 cm³/mol. The molecule has 27 heavy (non-hydrogen) atoms. The fraction of sp³-hybridized carbons (Fsp3) is 0.294. The summed E-state index contributed by atoms with van der Waals surface area (Å²) < 4.78 is 0. The van der Waals surface area contributed by atoms with Crippen LogP contribution in [0.5, 0.6) is 0 Å². The Morgan fingerprint density at radius 1 is 0.556 bits per heavy atom. The van der Waals surface area contributed by atoms with E-state index in [0.717, 1.165) is 38.5 Å². The molecule has 0 amide bonds. The summed E-state index contributed by atoms with van der Waals surface area (Å²) in [6, 6.07) is 0. The highest BCUT2D eigenvalue weighted by Gasteiger charge is 1.74. The van der Waals surface area contributed by atoms with Crippen LogP contribution >= 0.6 is 0 Å². The Bertz CT molecular complexity index is 315. The highest BCUT2D eigenvalue weighted by molar-refractivity contribution is 5.79. The highest BCUT2D eigenvalue weighted by Crippen LogP contribution is 1.56. The van der Waals surface area contributed by atoms with E-state index in [2.05, 4.69) is 40.2 Å². The normalized spacial score (nSPS) is 5.85. The van der Waals surface area contributed by atoms with Gasteiger partial charge in [0.15, 0.2) is 0 Å². The summed E-state index contributed by atoms with van der Waals surface area (Å²) in [4.78, 5) is 37.0. The molecular formula is C17H32O10. The minimum Gasteiger partial charge on any atom is -0.478 e. The van der Waals surface area contributed by atoms with Crippen LogP contribution in [0.25, 0.3) is 0 Å². The minimum atomic E-state index is -0.981. The summed E-state index contributed by atoms with van der Waals surface area (Å²) in [5.41, 5.74) is 0. The van der Waals surface area contributed by atoms with Crippen molar-refractivity contribution in [3.8, 4) is 0 Å². The van der Waals surface area contributed by atoms with Gasteiger partial charge in [0.05, 0.1) is 0 Å². The van der Waals surface area contributed by atoms with Gasteiger partial charge in [-0.15, -0.1) is 0 Å².